The van der Waals surface area contributed by atoms with E-state index in [0.29, 0.717) is 5.75 Å². The smallest absolute Gasteiger partial charge is 0.248 e. The molecule has 0 fully saturated rings. The summed E-state index contributed by atoms with van der Waals surface area (Å²) < 4.78 is 36.0. The maximum Gasteiger partial charge on any atom is 0.248 e. The van der Waals surface area contributed by atoms with Crippen LogP contribution in [0.2, 0.25) is 5.02 Å². The van der Waals surface area contributed by atoms with Crippen LogP contribution < -0.4 is 14.2 Å². The summed E-state index contributed by atoms with van der Waals surface area (Å²) in [6, 6.07) is 4.47. The van der Waals surface area contributed by atoms with Crippen molar-refractivity contribution in [2.24, 2.45) is 0 Å². The van der Waals surface area contributed by atoms with Crippen molar-refractivity contribution in [1.29, 1.82) is 5.26 Å². The third-order valence-electron chi connectivity index (χ3n) is 2.37. The quantitative estimate of drug-likeness (QED) is 0.899. The van der Waals surface area contributed by atoms with Crippen LogP contribution in [-0.2, 0) is 10.0 Å². The van der Waals surface area contributed by atoms with E-state index in [2.05, 4.69) is 4.72 Å². The highest BCUT2D eigenvalue weighted by atomic mass is 35.5. The molecule has 0 saturated heterocycles. The van der Waals surface area contributed by atoms with Crippen LogP contribution in [0.25, 0.3) is 0 Å². The molecule has 0 amide bonds. The van der Waals surface area contributed by atoms with Gasteiger partial charge in [-0.15, -0.1) is 0 Å². The minimum absolute atomic E-state index is 0.158. The van der Waals surface area contributed by atoms with Crippen molar-refractivity contribution in [1.82, 2.24) is 0 Å². The number of nitrogens with zero attached hydrogens (tertiary/aromatic N) is 1. The molecule has 1 N–H and O–H groups in total. The van der Waals surface area contributed by atoms with Crippen LogP contribution in [-0.4, -0.2) is 27.9 Å². The number of hydrogen-bond acceptors (Lipinski definition) is 5. The lowest BCUT2D eigenvalue weighted by molar-refractivity contribution is 0.405. The van der Waals surface area contributed by atoms with Gasteiger partial charge < -0.3 is 9.47 Å². The Morgan fingerprint density at radius 1 is 1.32 bits per heavy atom. The van der Waals surface area contributed by atoms with Crippen molar-refractivity contribution in [3.63, 3.8) is 0 Å². The molecule has 0 heterocycles. The molecule has 19 heavy (non-hydrogen) atoms. The molecule has 1 rings (SSSR count). The summed E-state index contributed by atoms with van der Waals surface area (Å²) in [6.45, 7) is 1.28. The van der Waals surface area contributed by atoms with Crippen molar-refractivity contribution in [2.45, 2.75) is 12.2 Å². The van der Waals surface area contributed by atoms with Crippen LogP contribution >= 0.6 is 11.6 Å². The summed E-state index contributed by atoms with van der Waals surface area (Å²) in [5, 5.41) is 7.77. The molecular formula is C11H13ClN2O4S. The first-order valence-electron chi connectivity index (χ1n) is 5.18. The van der Waals surface area contributed by atoms with Crippen LogP contribution in [0.5, 0.6) is 11.5 Å². The number of anilines is 1. The summed E-state index contributed by atoms with van der Waals surface area (Å²) in [5.41, 5.74) is 0.158. The normalized spacial score (nSPS) is 12.4. The highest BCUT2D eigenvalue weighted by Gasteiger charge is 2.22. The van der Waals surface area contributed by atoms with Gasteiger partial charge in [0.25, 0.3) is 0 Å². The van der Waals surface area contributed by atoms with Crippen molar-refractivity contribution in [3.05, 3.63) is 17.2 Å². The Balaban J connectivity index is 3.24. The second-order valence-electron chi connectivity index (χ2n) is 3.61. The largest absolute Gasteiger partial charge is 0.495 e. The molecule has 0 aromatic heterocycles. The Hall–Kier alpha value is -1.65. The number of nitrogens with one attached hydrogen (secondary N) is 1. The predicted octanol–water partition coefficient (Wildman–Crippen LogP) is 2.01. The molecule has 1 unspecified atom stereocenters. The molecule has 0 bridgehead atoms. The van der Waals surface area contributed by atoms with Gasteiger partial charge in [-0.3, -0.25) is 4.72 Å². The monoisotopic (exact) mass is 304 g/mol. The standard InChI is InChI=1S/C11H13ClN2O4S/c1-7(6-13)19(15,16)14-9-5-10(17-2)8(12)4-11(9)18-3/h4-5,7,14H,1-3H3. The van der Waals surface area contributed by atoms with Crippen LogP contribution in [0.3, 0.4) is 0 Å². The summed E-state index contributed by atoms with van der Waals surface area (Å²) in [5.74, 6) is 0.532. The summed E-state index contributed by atoms with van der Waals surface area (Å²) in [6.07, 6.45) is 0. The van der Waals surface area contributed by atoms with Crippen molar-refractivity contribution >= 4 is 27.3 Å². The number of rotatable bonds is 5. The van der Waals surface area contributed by atoms with Crippen molar-refractivity contribution < 1.29 is 17.9 Å². The molecule has 6 nitrogen and oxygen atoms in total. The lowest BCUT2D eigenvalue weighted by Crippen LogP contribution is -2.24. The summed E-state index contributed by atoms with van der Waals surface area (Å²) in [4.78, 5) is 0. The number of hydrogen-bond donors (Lipinski definition) is 1. The predicted molar refractivity (Wildman–Crippen MR) is 72.2 cm³/mol. The second kappa shape index (κ2) is 5.99. The van der Waals surface area contributed by atoms with Gasteiger partial charge in [-0.25, -0.2) is 8.42 Å². The van der Waals surface area contributed by atoms with Crippen LogP contribution in [0, 0.1) is 11.3 Å². The van der Waals surface area contributed by atoms with E-state index in [9.17, 15) is 8.42 Å². The van der Waals surface area contributed by atoms with E-state index in [-0.39, 0.29) is 16.5 Å². The Bertz CT molecular complexity index is 610. The number of ether oxygens (including phenoxy) is 2. The van der Waals surface area contributed by atoms with Gasteiger partial charge in [-0.05, 0) is 6.92 Å². The molecule has 1 atom stereocenters. The molecule has 0 aliphatic carbocycles. The van der Waals surface area contributed by atoms with E-state index in [0.717, 1.165) is 0 Å². The summed E-state index contributed by atoms with van der Waals surface area (Å²) >= 11 is 5.91. The van der Waals surface area contributed by atoms with Gasteiger partial charge in [0, 0.05) is 12.1 Å². The van der Waals surface area contributed by atoms with Crippen LogP contribution in [0.15, 0.2) is 12.1 Å². The average Bonchev–Trinajstić information content (AvgIpc) is 2.38. The molecule has 0 spiro atoms. The Kier molecular flexibility index (Phi) is 4.86. The highest BCUT2D eigenvalue weighted by Crippen LogP contribution is 2.36. The lowest BCUT2D eigenvalue weighted by atomic mass is 10.3. The minimum atomic E-state index is -3.82. The second-order valence-corrected chi connectivity index (χ2v) is 6.01. The highest BCUT2D eigenvalue weighted by molar-refractivity contribution is 7.93. The fourth-order valence-corrected chi connectivity index (χ4v) is 2.26. The number of halogens is 1. The SMILES string of the molecule is COc1cc(NS(=O)(=O)C(C)C#N)c(OC)cc1Cl. The van der Waals surface area contributed by atoms with Crippen LogP contribution in [0.4, 0.5) is 5.69 Å². The topological polar surface area (TPSA) is 88.4 Å². The van der Waals surface area contributed by atoms with Gasteiger partial charge in [0.15, 0.2) is 5.25 Å². The third-order valence-corrected chi connectivity index (χ3v) is 4.21. The van der Waals surface area contributed by atoms with Gasteiger partial charge in [0.1, 0.15) is 11.5 Å². The minimum Gasteiger partial charge on any atom is -0.495 e. The third kappa shape index (κ3) is 3.43. The maximum atomic E-state index is 11.8. The fourth-order valence-electron chi connectivity index (χ4n) is 1.25. The zero-order valence-electron chi connectivity index (χ0n) is 10.6. The number of nitriles is 1. The van der Waals surface area contributed by atoms with E-state index in [4.69, 9.17) is 26.3 Å². The van der Waals surface area contributed by atoms with Gasteiger partial charge in [-0.2, -0.15) is 5.26 Å². The van der Waals surface area contributed by atoms with Crippen molar-refractivity contribution in [2.75, 3.05) is 18.9 Å². The van der Waals surface area contributed by atoms with Crippen LogP contribution in [0.1, 0.15) is 6.92 Å². The maximum absolute atomic E-state index is 11.8. The fraction of sp³-hybridized carbons (Fsp3) is 0.364. The zero-order valence-corrected chi connectivity index (χ0v) is 12.2. The molecule has 0 saturated carbocycles. The first-order chi connectivity index (χ1) is 8.85. The zero-order chi connectivity index (χ0) is 14.6. The molecule has 1 aromatic carbocycles. The van der Waals surface area contributed by atoms with Gasteiger partial charge >= 0.3 is 0 Å². The van der Waals surface area contributed by atoms with E-state index in [1.54, 1.807) is 6.07 Å². The Morgan fingerprint density at radius 2 is 1.89 bits per heavy atom. The van der Waals surface area contributed by atoms with E-state index < -0.39 is 15.3 Å². The molecule has 8 heteroatoms. The lowest BCUT2D eigenvalue weighted by Gasteiger charge is -2.14. The molecular weight excluding hydrogens is 292 g/mol. The van der Waals surface area contributed by atoms with Crippen molar-refractivity contribution in [3.8, 4) is 17.6 Å². The van der Waals surface area contributed by atoms with Gasteiger partial charge in [0.05, 0.1) is 31.0 Å². The Morgan fingerprint density at radius 3 is 2.37 bits per heavy atom. The number of benzene rings is 1. The average molecular weight is 305 g/mol. The molecule has 104 valence electrons. The van der Waals surface area contributed by atoms with E-state index in [1.165, 1.54) is 33.3 Å². The molecule has 0 aliphatic heterocycles. The first kappa shape index (κ1) is 15.4. The first-order valence-corrected chi connectivity index (χ1v) is 7.11. The summed E-state index contributed by atoms with van der Waals surface area (Å²) in [7, 11) is -1.04. The molecule has 1 aromatic rings. The van der Waals surface area contributed by atoms with E-state index >= 15 is 0 Å². The number of sulfonamides is 1. The molecule has 0 radical (unpaired) electrons. The Labute approximate surface area is 116 Å². The molecule has 0 aliphatic rings. The number of methoxy groups -OCH3 is 2. The van der Waals surface area contributed by atoms with E-state index in [1.807, 2.05) is 0 Å². The van der Waals surface area contributed by atoms with Gasteiger partial charge in [-0.1, -0.05) is 11.6 Å². The van der Waals surface area contributed by atoms with Gasteiger partial charge in [0.2, 0.25) is 10.0 Å².